The lowest BCUT2D eigenvalue weighted by atomic mass is 9.99. The minimum Gasteiger partial charge on any atom is -0.353 e. The van der Waals surface area contributed by atoms with Crippen molar-refractivity contribution in [1.82, 2.24) is 15.4 Å². The smallest absolute Gasteiger partial charge is 0.353 e. The molecule has 3 N–H and O–H groups in total. The summed E-state index contributed by atoms with van der Waals surface area (Å²) in [5, 5.41) is 15.2. The fourth-order valence-electron chi connectivity index (χ4n) is 3.43. The standard InChI is InChI=1S/C25H22N6O3/c1-17-12-14-20(15-13-17)25(32)30-29-24-22(31(33)34)23(26-16-27-24)28-21(18-8-4-2-5-9-18)19-10-6-3-7-11-19/h2-16,21H,1H3,(H,30,32)(H2,26,27,28,29). The highest BCUT2D eigenvalue weighted by molar-refractivity contribution is 5.95. The van der Waals surface area contributed by atoms with Crippen LogP contribution in [0.3, 0.4) is 0 Å². The highest BCUT2D eigenvalue weighted by Gasteiger charge is 2.26. The van der Waals surface area contributed by atoms with Crippen LogP contribution < -0.4 is 16.2 Å². The largest absolute Gasteiger partial charge is 0.354 e. The van der Waals surface area contributed by atoms with E-state index in [0.29, 0.717) is 5.56 Å². The molecule has 0 bridgehead atoms. The van der Waals surface area contributed by atoms with Crippen molar-refractivity contribution < 1.29 is 9.72 Å². The van der Waals surface area contributed by atoms with Gasteiger partial charge in [0.2, 0.25) is 11.6 Å². The molecule has 0 aliphatic heterocycles. The van der Waals surface area contributed by atoms with Gasteiger partial charge in [-0.25, -0.2) is 9.97 Å². The number of aryl methyl sites for hydroxylation is 1. The number of nitrogens with zero attached hydrogens (tertiary/aromatic N) is 3. The zero-order chi connectivity index (χ0) is 23.9. The molecule has 9 heteroatoms. The first-order valence-electron chi connectivity index (χ1n) is 10.5. The number of benzene rings is 3. The lowest BCUT2D eigenvalue weighted by Crippen LogP contribution is -2.30. The number of carbonyl (C=O) groups excluding carboxylic acids is 1. The third-order valence-electron chi connectivity index (χ3n) is 5.16. The molecule has 0 aliphatic carbocycles. The van der Waals surface area contributed by atoms with E-state index in [2.05, 4.69) is 26.1 Å². The monoisotopic (exact) mass is 454 g/mol. The summed E-state index contributed by atoms with van der Waals surface area (Å²) in [6, 6.07) is 25.6. The van der Waals surface area contributed by atoms with Gasteiger partial charge < -0.3 is 5.32 Å². The van der Waals surface area contributed by atoms with E-state index in [0.717, 1.165) is 16.7 Å². The van der Waals surface area contributed by atoms with Crippen molar-refractivity contribution >= 4 is 23.2 Å². The molecule has 0 saturated heterocycles. The van der Waals surface area contributed by atoms with E-state index < -0.39 is 16.9 Å². The second-order valence-corrected chi connectivity index (χ2v) is 7.52. The van der Waals surface area contributed by atoms with Crippen molar-refractivity contribution in [2.75, 3.05) is 10.7 Å². The molecule has 0 fully saturated rings. The zero-order valence-electron chi connectivity index (χ0n) is 18.3. The molecule has 0 unspecified atom stereocenters. The average Bonchev–Trinajstić information content (AvgIpc) is 2.87. The first-order chi connectivity index (χ1) is 16.5. The number of amides is 1. The molecule has 0 atom stereocenters. The van der Waals surface area contributed by atoms with E-state index in [1.54, 1.807) is 24.3 Å². The Kier molecular flexibility index (Phi) is 6.73. The molecule has 0 spiro atoms. The molecule has 1 amide bonds. The number of hydrogen-bond donors (Lipinski definition) is 3. The summed E-state index contributed by atoms with van der Waals surface area (Å²) in [5.41, 5.74) is 7.87. The van der Waals surface area contributed by atoms with E-state index >= 15 is 0 Å². The van der Waals surface area contributed by atoms with Crippen LogP contribution in [-0.4, -0.2) is 20.8 Å². The van der Waals surface area contributed by atoms with Gasteiger partial charge in [0.1, 0.15) is 6.33 Å². The maximum absolute atomic E-state index is 12.4. The summed E-state index contributed by atoms with van der Waals surface area (Å²) in [7, 11) is 0. The Bertz CT molecular complexity index is 1240. The van der Waals surface area contributed by atoms with Crippen LogP contribution in [0.25, 0.3) is 0 Å². The number of nitrogens with one attached hydrogen (secondary N) is 3. The first-order valence-corrected chi connectivity index (χ1v) is 10.5. The predicted molar refractivity (Wildman–Crippen MR) is 129 cm³/mol. The number of nitro groups is 1. The molecule has 4 rings (SSSR count). The van der Waals surface area contributed by atoms with Crippen LogP contribution in [0.2, 0.25) is 0 Å². The van der Waals surface area contributed by atoms with Crippen molar-refractivity contribution in [1.29, 1.82) is 0 Å². The van der Waals surface area contributed by atoms with Crippen LogP contribution in [-0.2, 0) is 0 Å². The average molecular weight is 454 g/mol. The number of hydrogen-bond acceptors (Lipinski definition) is 7. The maximum atomic E-state index is 12.4. The minimum absolute atomic E-state index is 0.0183. The lowest BCUT2D eigenvalue weighted by molar-refractivity contribution is -0.383. The van der Waals surface area contributed by atoms with Gasteiger partial charge in [0.15, 0.2) is 0 Å². The molecule has 0 aliphatic rings. The van der Waals surface area contributed by atoms with Gasteiger partial charge in [0.25, 0.3) is 5.91 Å². The van der Waals surface area contributed by atoms with Gasteiger partial charge in [0, 0.05) is 5.56 Å². The lowest BCUT2D eigenvalue weighted by Gasteiger charge is -2.20. The van der Waals surface area contributed by atoms with Crippen LogP contribution >= 0.6 is 0 Å². The van der Waals surface area contributed by atoms with Gasteiger partial charge >= 0.3 is 5.69 Å². The van der Waals surface area contributed by atoms with E-state index in [4.69, 9.17) is 0 Å². The quantitative estimate of drug-likeness (QED) is 0.262. The third kappa shape index (κ3) is 5.16. The summed E-state index contributed by atoms with van der Waals surface area (Å²) >= 11 is 0. The Balaban J connectivity index is 1.63. The van der Waals surface area contributed by atoms with Gasteiger partial charge in [-0.15, -0.1) is 0 Å². The summed E-state index contributed by atoms with van der Waals surface area (Å²) in [6.45, 7) is 1.91. The summed E-state index contributed by atoms with van der Waals surface area (Å²) < 4.78 is 0. The molecule has 0 radical (unpaired) electrons. The van der Waals surface area contributed by atoms with E-state index in [-0.39, 0.29) is 17.3 Å². The Morgan fingerprint density at radius 3 is 1.97 bits per heavy atom. The Labute approximate surface area is 196 Å². The Morgan fingerprint density at radius 1 is 0.853 bits per heavy atom. The fourth-order valence-corrected chi connectivity index (χ4v) is 3.43. The highest BCUT2D eigenvalue weighted by atomic mass is 16.6. The van der Waals surface area contributed by atoms with Crippen LogP contribution in [0.4, 0.5) is 17.3 Å². The number of rotatable bonds is 8. The van der Waals surface area contributed by atoms with Gasteiger partial charge in [-0.2, -0.15) is 0 Å². The SMILES string of the molecule is Cc1ccc(C(=O)NNc2ncnc(NC(c3ccccc3)c3ccccc3)c2[N+](=O)[O-])cc1. The van der Waals surface area contributed by atoms with Crippen LogP contribution in [0.1, 0.15) is 33.1 Å². The van der Waals surface area contributed by atoms with Crippen molar-refractivity contribution in [3.63, 3.8) is 0 Å². The van der Waals surface area contributed by atoms with E-state index in [9.17, 15) is 14.9 Å². The number of hydrazine groups is 1. The number of anilines is 2. The summed E-state index contributed by atoms with van der Waals surface area (Å²) in [5.74, 6) is -0.568. The first kappa shape index (κ1) is 22.4. The highest BCUT2D eigenvalue weighted by Crippen LogP contribution is 2.33. The number of aromatic nitrogens is 2. The van der Waals surface area contributed by atoms with Crippen LogP contribution in [0.5, 0.6) is 0 Å². The maximum Gasteiger partial charge on any atom is 0.354 e. The Hall–Kier alpha value is -4.79. The second-order valence-electron chi connectivity index (χ2n) is 7.52. The second kappa shape index (κ2) is 10.2. The van der Waals surface area contributed by atoms with Gasteiger partial charge in [-0.3, -0.25) is 25.8 Å². The zero-order valence-corrected chi connectivity index (χ0v) is 18.3. The van der Waals surface area contributed by atoms with Crippen LogP contribution in [0, 0.1) is 17.0 Å². The normalized spacial score (nSPS) is 10.5. The summed E-state index contributed by atoms with van der Waals surface area (Å²) in [4.78, 5) is 31.9. The molecule has 3 aromatic carbocycles. The molecule has 9 nitrogen and oxygen atoms in total. The molecule has 34 heavy (non-hydrogen) atoms. The topological polar surface area (TPSA) is 122 Å². The van der Waals surface area contributed by atoms with E-state index in [1.807, 2.05) is 67.6 Å². The van der Waals surface area contributed by atoms with Crippen molar-refractivity contribution in [2.45, 2.75) is 13.0 Å². The van der Waals surface area contributed by atoms with Gasteiger partial charge in [-0.1, -0.05) is 78.4 Å². The molecule has 1 aromatic heterocycles. The molecule has 0 saturated carbocycles. The predicted octanol–water partition coefficient (Wildman–Crippen LogP) is 4.65. The minimum atomic E-state index is -0.588. The molecule has 170 valence electrons. The van der Waals surface area contributed by atoms with Gasteiger partial charge in [-0.05, 0) is 30.2 Å². The fraction of sp³-hybridized carbons (Fsp3) is 0.0800. The van der Waals surface area contributed by atoms with Crippen LogP contribution in [0.15, 0.2) is 91.3 Å². The number of carbonyl (C=O) groups is 1. The molecular formula is C25H22N6O3. The van der Waals surface area contributed by atoms with Gasteiger partial charge in [0.05, 0.1) is 11.0 Å². The van der Waals surface area contributed by atoms with Crippen molar-refractivity contribution in [3.8, 4) is 0 Å². The van der Waals surface area contributed by atoms with Crippen molar-refractivity contribution in [2.24, 2.45) is 0 Å². The molecular weight excluding hydrogens is 432 g/mol. The van der Waals surface area contributed by atoms with Crippen molar-refractivity contribution in [3.05, 3.63) is 124 Å². The Morgan fingerprint density at radius 2 is 1.41 bits per heavy atom. The summed E-state index contributed by atoms with van der Waals surface area (Å²) in [6.07, 6.45) is 1.20. The third-order valence-corrected chi connectivity index (χ3v) is 5.16. The van der Waals surface area contributed by atoms with E-state index in [1.165, 1.54) is 6.33 Å². The molecule has 1 heterocycles. The molecule has 4 aromatic rings.